The van der Waals surface area contributed by atoms with E-state index in [1.54, 1.807) is 0 Å². The highest BCUT2D eigenvalue weighted by Gasteiger charge is 2.44. The lowest BCUT2D eigenvalue weighted by Gasteiger charge is -2.21. The fourth-order valence-electron chi connectivity index (χ4n) is 4.39. The van der Waals surface area contributed by atoms with Crippen molar-refractivity contribution in [2.45, 2.75) is 30.5 Å². The van der Waals surface area contributed by atoms with Crippen molar-refractivity contribution < 1.29 is 20.1 Å². The van der Waals surface area contributed by atoms with Gasteiger partial charge in [-0.15, -0.1) is 0 Å². The van der Waals surface area contributed by atoms with Crippen LogP contribution in [0.1, 0.15) is 23.3 Å². The Kier molecular flexibility index (Phi) is 6.88. The number of nitrogens with one attached hydrogen (secondary N) is 1. The maximum Gasteiger partial charge on any atom is 0.167 e. The van der Waals surface area contributed by atoms with Crippen LogP contribution in [0.4, 0.5) is 5.82 Å². The smallest absolute Gasteiger partial charge is 0.167 e. The lowest BCUT2D eigenvalue weighted by molar-refractivity contribution is -0.0511. The third-order valence-corrected chi connectivity index (χ3v) is 6.83. The van der Waals surface area contributed by atoms with E-state index in [1.165, 1.54) is 17.2 Å². The molecule has 0 bridgehead atoms. The summed E-state index contributed by atoms with van der Waals surface area (Å²) >= 11 is 13.1. The maximum absolute atomic E-state index is 10.4. The Morgan fingerprint density at radius 3 is 2.40 bits per heavy atom. The molecular formula is C24H23Cl2N5O4. The minimum Gasteiger partial charge on any atom is -0.394 e. The first-order valence-electron chi connectivity index (χ1n) is 11.0. The fourth-order valence-corrected chi connectivity index (χ4v) is 5.05. The van der Waals surface area contributed by atoms with Crippen LogP contribution in [-0.2, 0) is 4.74 Å². The number of nitrogens with zero attached hydrogens (tertiary/aromatic N) is 4. The van der Waals surface area contributed by atoms with Crippen LogP contribution in [-0.4, -0.2) is 66.3 Å². The van der Waals surface area contributed by atoms with Crippen LogP contribution in [0.25, 0.3) is 11.2 Å². The van der Waals surface area contributed by atoms with E-state index in [2.05, 4.69) is 20.3 Å². The number of fused-ring (bicyclic) bond motifs is 1. The van der Waals surface area contributed by atoms with Crippen molar-refractivity contribution in [2.75, 3.05) is 18.5 Å². The summed E-state index contributed by atoms with van der Waals surface area (Å²) in [6.45, 7) is -0.00504. The van der Waals surface area contributed by atoms with Crippen LogP contribution in [0.5, 0.6) is 0 Å². The first kappa shape index (κ1) is 23.9. The van der Waals surface area contributed by atoms with Gasteiger partial charge in [-0.1, -0.05) is 59.6 Å². The molecule has 5 rings (SSSR count). The standard InChI is InChI=1S/C24H23Cl2N5O4/c25-15-7-4-8-16(26)18(15)14(13-5-2-1-3-6-13)9-27-22-19-23(29-11-28-22)31(12-30-19)24-21(34)20(33)17(10-32)35-24/h1-8,11-12,14,17,20-21,24,32-34H,9-10H2,(H,27,28,29). The average molecular weight is 516 g/mol. The second-order valence-electron chi connectivity index (χ2n) is 8.25. The maximum atomic E-state index is 10.4. The van der Waals surface area contributed by atoms with E-state index in [1.807, 2.05) is 48.5 Å². The first-order valence-corrected chi connectivity index (χ1v) is 11.8. The molecule has 182 valence electrons. The third kappa shape index (κ3) is 4.47. The molecule has 5 atom stereocenters. The van der Waals surface area contributed by atoms with Crippen molar-refractivity contribution in [1.29, 1.82) is 0 Å². The zero-order chi connectivity index (χ0) is 24.5. The van der Waals surface area contributed by atoms with Crippen molar-refractivity contribution in [3.63, 3.8) is 0 Å². The van der Waals surface area contributed by atoms with Crippen LogP contribution in [0, 0.1) is 0 Å². The van der Waals surface area contributed by atoms with E-state index in [4.69, 9.17) is 27.9 Å². The number of aromatic nitrogens is 4. The summed E-state index contributed by atoms with van der Waals surface area (Å²) in [5.74, 6) is 0.301. The highest BCUT2D eigenvalue weighted by Crippen LogP contribution is 2.36. The normalized spacial score (nSPS) is 23.0. The van der Waals surface area contributed by atoms with Crippen molar-refractivity contribution in [3.8, 4) is 0 Å². The molecule has 35 heavy (non-hydrogen) atoms. The van der Waals surface area contributed by atoms with Gasteiger partial charge in [0.1, 0.15) is 24.6 Å². The number of aliphatic hydroxyl groups excluding tert-OH is 3. The van der Waals surface area contributed by atoms with E-state index in [0.29, 0.717) is 33.6 Å². The molecule has 4 N–H and O–H groups in total. The predicted molar refractivity (Wildman–Crippen MR) is 132 cm³/mol. The summed E-state index contributed by atoms with van der Waals surface area (Å²) in [5.41, 5.74) is 2.70. The summed E-state index contributed by atoms with van der Waals surface area (Å²) in [5, 5.41) is 34.4. The fraction of sp³-hybridized carbons (Fsp3) is 0.292. The van der Waals surface area contributed by atoms with Gasteiger partial charge in [0.2, 0.25) is 0 Å². The van der Waals surface area contributed by atoms with E-state index in [0.717, 1.165) is 11.1 Å². The molecule has 2 aromatic carbocycles. The van der Waals surface area contributed by atoms with E-state index in [9.17, 15) is 15.3 Å². The van der Waals surface area contributed by atoms with Crippen molar-refractivity contribution in [3.05, 3.63) is 82.4 Å². The molecule has 1 aliphatic heterocycles. The Labute approximate surface area is 211 Å². The molecule has 1 aliphatic rings. The van der Waals surface area contributed by atoms with Crippen LogP contribution in [0.2, 0.25) is 10.0 Å². The topological polar surface area (TPSA) is 126 Å². The number of hydrogen-bond donors (Lipinski definition) is 4. The van der Waals surface area contributed by atoms with Gasteiger partial charge in [-0.2, -0.15) is 0 Å². The third-order valence-electron chi connectivity index (χ3n) is 6.17. The first-order chi connectivity index (χ1) is 17.0. The number of anilines is 1. The largest absolute Gasteiger partial charge is 0.394 e. The number of imidazole rings is 1. The Morgan fingerprint density at radius 2 is 1.71 bits per heavy atom. The van der Waals surface area contributed by atoms with Crippen molar-refractivity contribution >= 4 is 40.2 Å². The molecule has 0 saturated carbocycles. The molecule has 4 aromatic rings. The minimum absolute atomic E-state index is 0.176. The van der Waals surface area contributed by atoms with Crippen LogP contribution in [0.15, 0.2) is 61.2 Å². The van der Waals surface area contributed by atoms with Gasteiger partial charge in [-0.3, -0.25) is 4.57 Å². The lowest BCUT2D eigenvalue weighted by atomic mass is 9.91. The highest BCUT2D eigenvalue weighted by atomic mass is 35.5. The lowest BCUT2D eigenvalue weighted by Crippen LogP contribution is -2.33. The van der Waals surface area contributed by atoms with Gasteiger partial charge in [0, 0.05) is 22.5 Å². The second kappa shape index (κ2) is 10.1. The minimum atomic E-state index is -1.25. The zero-order valence-electron chi connectivity index (χ0n) is 18.4. The van der Waals surface area contributed by atoms with Gasteiger partial charge in [0.05, 0.1) is 12.9 Å². The zero-order valence-corrected chi connectivity index (χ0v) is 19.9. The molecule has 1 saturated heterocycles. The molecule has 0 radical (unpaired) electrons. The molecule has 2 aromatic heterocycles. The van der Waals surface area contributed by atoms with Gasteiger partial charge in [0.25, 0.3) is 0 Å². The molecule has 0 aliphatic carbocycles. The van der Waals surface area contributed by atoms with E-state index in [-0.39, 0.29) is 5.92 Å². The average Bonchev–Trinajstić information content (AvgIpc) is 3.42. The molecule has 1 fully saturated rings. The summed E-state index contributed by atoms with van der Waals surface area (Å²) in [7, 11) is 0. The Balaban J connectivity index is 1.46. The van der Waals surface area contributed by atoms with Gasteiger partial charge < -0.3 is 25.4 Å². The Bertz CT molecular complexity index is 1300. The number of halogens is 2. The summed E-state index contributed by atoms with van der Waals surface area (Å²) < 4.78 is 7.15. The number of ether oxygens (including phenoxy) is 1. The molecule has 9 nitrogen and oxygen atoms in total. The van der Waals surface area contributed by atoms with E-state index < -0.39 is 31.1 Å². The predicted octanol–water partition coefficient (Wildman–Crippen LogP) is 2.99. The van der Waals surface area contributed by atoms with Gasteiger partial charge in [0.15, 0.2) is 23.2 Å². The molecular weight excluding hydrogens is 493 g/mol. The van der Waals surface area contributed by atoms with Crippen molar-refractivity contribution in [1.82, 2.24) is 19.5 Å². The second-order valence-corrected chi connectivity index (χ2v) is 9.07. The molecule has 0 spiro atoms. The molecule has 5 unspecified atom stereocenters. The Hall–Kier alpha value is -2.79. The number of rotatable bonds is 7. The van der Waals surface area contributed by atoms with E-state index >= 15 is 0 Å². The van der Waals surface area contributed by atoms with Gasteiger partial charge in [-0.05, 0) is 23.3 Å². The van der Waals surface area contributed by atoms with Crippen LogP contribution < -0.4 is 5.32 Å². The SMILES string of the molecule is OCC1OC(n2cnc3c(NCC(c4ccccc4)c4c(Cl)cccc4Cl)ncnc32)C(O)C1O. The number of aliphatic hydroxyl groups is 3. The monoisotopic (exact) mass is 515 g/mol. The number of benzene rings is 2. The summed E-state index contributed by atoms with van der Waals surface area (Å²) in [6.07, 6.45) is -1.49. The van der Waals surface area contributed by atoms with Gasteiger partial charge >= 0.3 is 0 Å². The number of hydrogen-bond acceptors (Lipinski definition) is 8. The van der Waals surface area contributed by atoms with Crippen molar-refractivity contribution in [2.24, 2.45) is 0 Å². The Morgan fingerprint density at radius 1 is 0.971 bits per heavy atom. The van der Waals surface area contributed by atoms with Gasteiger partial charge in [-0.25, -0.2) is 15.0 Å². The van der Waals surface area contributed by atoms with Crippen LogP contribution in [0.3, 0.4) is 0 Å². The molecule has 3 heterocycles. The van der Waals surface area contributed by atoms with Crippen LogP contribution >= 0.6 is 23.2 Å². The summed E-state index contributed by atoms with van der Waals surface area (Å²) in [6, 6.07) is 15.3. The highest BCUT2D eigenvalue weighted by molar-refractivity contribution is 6.36. The quantitative estimate of drug-likeness (QED) is 0.296. The summed E-state index contributed by atoms with van der Waals surface area (Å²) in [4.78, 5) is 13.1. The molecule has 11 heteroatoms. The molecule has 0 amide bonds.